The summed E-state index contributed by atoms with van der Waals surface area (Å²) in [6.45, 7) is 4.14. The van der Waals surface area contributed by atoms with E-state index in [-0.39, 0.29) is 6.04 Å². The summed E-state index contributed by atoms with van der Waals surface area (Å²) in [5, 5.41) is 4.24. The van der Waals surface area contributed by atoms with Gasteiger partial charge in [0.15, 0.2) is 5.82 Å². The van der Waals surface area contributed by atoms with E-state index in [9.17, 15) is 0 Å². The fourth-order valence-corrected chi connectivity index (χ4v) is 2.13. The molecule has 0 aromatic carbocycles. The fourth-order valence-electron chi connectivity index (χ4n) is 1.84. The molecule has 0 saturated heterocycles. The molecule has 4 nitrogen and oxygen atoms in total. The zero-order valence-corrected chi connectivity index (χ0v) is 12.2. The van der Waals surface area contributed by atoms with E-state index in [2.05, 4.69) is 39.0 Å². The normalized spacial score (nSPS) is 12.7. The predicted octanol–water partition coefficient (Wildman–Crippen LogP) is 2.62. The molecule has 2 heterocycles. The zero-order chi connectivity index (χ0) is 13.1. The van der Waals surface area contributed by atoms with Gasteiger partial charge in [-0.1, -0.05) is 13.0 Å². The van der Waals surface area contributed by atoms with Gasteiger partial charge in [-0.3, -0.25) is 0 Å². The van der Waals surface area contributed by atoms with Crippen LogP contribution >= 0.6 is 15.9 Å². The second-order valence-corrected chi connectivity index (χ2v) is 5.38. The van der Waals surface area contributed by atoms with Gasteiger partial charge in [-0.15, -0.1) is 0 Å². The molecular weight excluding hydrogens is 292 g/mol. The van der Waals surface area contributed by atoms with Crippen molar-refractivity contribution in [1.29, 1.82) is 0 Å². The summed E-state index contributed by atoms with van der Waals surface area (Å²) in [4.78, 5) is 4.47. The van der Waals surface area contributed by atoms with E-state index >= 15 is 0 Å². The minimum atomic E-state index is 0.205. The molecule has 18 heavy (non-hydrogen) atoms. The van der Waals surface area contributed by atoms with Crippen LogP contribution in [-0.2, 0) is 6.42 Å². The van der Waals surface area contributed by atoms with Crippen LogP contribution in [-0.4, -0.2) is 20.8 Å². The highest BCUT2D eigenvalue weighted by Crippen LogP contribution is 2.16. The third-order valence-corrected chi connectivity index (χ3v) is 3.31. The Bertz CT molecular complexity index is 536. The summed E-state index contributed by atoms with van der Waals surface area (Å²) in [5.41, 5.74) is 8.24. The van der Waals surface area contributed by atoms with Crippen LogP contribution in [0.15, 0.2) is 29.1 Å². The molecule has 0 amide bonds. The van der Waals surface area contributed by atoms with Crippen LogP contribution in [0.4, 0.5) is 0 Å². The number of hydrogen-bond donors (Lipinski definition) is 1. The van der Waals surface area contributed by atoms with Crippen molar-refractivity contribution in [3.05, 3.63) is 40.3 Å². The molecule has 2 aromatic heterocycles. The molecule has 2 aromatic rings. The van der Waals surface area contributed by atoms with Gasteiger partial charge in [-0.05, 0) is 46.8 Å². The molecule has 0 radical (unpaired) electrons. The molecule has 0 bridgehead atoms. The molecule has 0 aliphatic heterocycles. The first-order chi connectivity index (χ1) is 8.60. The van der Waals surface area contributed by atoms with E-state index in [1.807, 2.05) is 19.3 Å². The number of aromatic nitrogens is 3. The lowest BCUT2D eigenvalue weighted by Crippen LogP contribution is -2.21. The van der Waals surface area contributed by atoms with Crippen molar-refractivity contribution >= 4 is 15.9 Å². The summed E-state index contributed by atoms with van der Waals surface area (Å²) in [6, 6.07) is 2.34. The van der Waals surface area contributed by atoms with Gasteiger partial charge in [0.1, 0.15) is 0 Å². The van der Waals surface area contributed by atoms with Crippen LogP contribution in [0.25, 0.3) is 5.82 Å². The number of rotatable bonds is 4. The van der Waals surface area contributed by atoms with Crippen molar-refractivity contribution in [2.24, 2.45) is 5.73 Å². The Hall–Kier alpha value is -1.20. The number of aryl methyl sites for hydroxylation is 1. The third kappa shape index (κ3) is 2.97. The highest BCUT2D eigenvalue weighted by molar-refractivity contribution is 9.10. The van der Waals surface area contributed by atoms with Gasteiger partial charge in [0.25, 0.3) is 0 Å². The molecule has 0 aliphatic carbocycles. The van der Waals surface area contributed by atoms with Crippen molar-refractivity contribution < 1.29 is 0 Å². The summed E-state index contributed by atoms with van der Waals surface area (Å²) >= 11 is 3.38. The molecule has 96 valence electrons. The molecule has 2 rings (SSSR count). The number of hydrogen-bond acceptors (Lipinski definition) is 3. The smallest absolute Gasteiger partial charge is 0.156 e. The van der Waals surface area contributed by atoms with Crippen molar-refractivity contribution in [3.63, 3.8) is 0 Å². The summed E-state index contributed by atoms with van der Waals surface area (Å²) in [7, 11) is 0. The molecule has 0 saturated carbocycles. The van der Waals surface area contributed by atoms with Gasteiger partial charge in [0, 0.05) is 18.4 Å². The molecular formula is C13H17BrN4. The average molecular weight is 309 g/mol. The number of nitrogens with zero attached hydrogens (tertiary/aromatic N) is 3. The van der Waals surface area contributed by atoms with Crippen LogP contribution in [0.2, 0.25) is 0 Å². The first kappa shape index (κ1) is 13.2. The van der Waals surface area contributed by atoms with E-state index in [1.165, 1.54) is 5.56 Å². The standard InChI is InChI=1S/C13H17BrN4/c1-3-12(15)5-10-4-9(2)13(16-6-10)18-8-11(14)7-17-18/h4,6-8,12H,3,5,15H2,1-2H3. The van der Waals surface area contributed by atoms with Crippen LogP contribution in [0.1, 0.15) is 24.5 Å². The summed E-state index contributed by atoms with van der Waals surface area (Å²) in [6.07, 6.45) is 7.38. The van der Waals surface area contributed by atoms with Gasteiger partial charge in [-0.25, -0.2) is 9.67 Å². The largest absolute Gasteiger partial charge is 0.327 e. The Morgan fingerprint density at radius 1 is 1.44 bits per heavy atom. The first-order valence-electron chi connectivity index (χ1n) is 6.01. The number of halogens is 1. The van der Waals surface area contributed by atoms with E-state index in [4.69, 9.17) is 5.73 Å². The lowest BCUT2D eigenvalue weighted by Gasteiger charge is -2.11. The SMILES string of the molecule is CCC(N)Cc1cnc(-n2cc(Br)cn2)c(C)c1. The lowest BCUT2D eigenvalue weighted by molar-refractivity contribution is 0.644. The van der Waals surface area contributed by atoms with Crippen LogP contribution < -0.4 is 5.73 Å². The zero-order valence-electron chi connectivity index (χ0n) is 10.6. The molecule has 0 aliphatic rings. The van der Waals surface area contributed by atoms with Crippen LogP contribution in [0, 0.1) is 6.92 Å². The van der Waals surface area contributed by atoms with Crippen molar-refractivity contribution in [3.8, 4) is 5.82 Å². The Morgan fingerprint density at radius 2 is 2.22 bits per heavy atom. The Balaban J connectivity index is 2.25. The topological polar surface area (TPSA) is 56.7 Å². The lowest BCUT2D eigenvalue weighted by atomic mass is 10.1. The minimum Gasteiger partial charge on any atom is -0.327 e. The minimum absolute atomic E-state index is 0.205. The second-order valence-electron chi connectivity index (χ2n) is 4.46. The van der Waals surface area contributed by atoms with Gasteiger partial charge < -0.3 is 5.73 Å². The maximum atomic E-state index is 5.96. The fraction of sp³-hybridized carbons (Fsp3) is 0.385. The van der Waals surface area contributed by atoms with Gasteiger partial charge in [-0.2, -0.15) is 5.10 Å². The monoisotopic (exact) mass is 308 g/mol. The van der Waals surface area contributed by atoms with E-state index in [0.29, 0.717) is 0 Å². The molecule has 0 fully saturated rings. The average Bonchev–Trinajstić information content (AvgIpc) is 2.75. The van der Waals surface area contributed by atoms with Crippen molar-refractivity contribution in [2.45, 2.75) is 32.7 Å². The number of pyridine rings is 1. The van der Waals surface area contributed by atoms with Crippen LogP contribution in [0.3, 0.4) is 0 Å². The number of nitrogens with two attached hydrogens (primary N) is 1. The molecule has 5 heteroatoms. The van der Waals surface area contributed by atoms with Crippen LogP contribution in [0.5, 0.6) is 0 Å². The Morgan fingerprint density at radius 3 is 2.78 bits per heavy atom. The van der Waals surface area contributed by atoms with E-state index < -0.39 is 0 Å². The van der Waals surface area contributed by atoms with Gasteiger partial charge in [0.2, 0.25) is 0 Å². The maximum Gasteiger partial charge on any atom is 0.156 e. The van der Waals surface area contributed by atoms with E-state index in [0.717, 1.165) is 28.7 Å². The molecule has 0 spiro atoms. The second kappa shape index (κ2) is 5.63. The third-order valence-electron chi connectivity index (χ3n) is 2.90. The van der Waals surface area contributed by atoms with Crippen molar-refractivity contribution in [2.75, 3.05) is 0 Å². The first-order valence-corrected chi connectivity index (χ1v) is 6.81. The van der Waals surface area contributed by atoms with Crippen molar-refractivity contribution in [1.82, 2.24) is 14.8 Å². The molecule has 1 unspecified atom stereocenters. The Kier molecular flexibility index (Phi) is 4.14. The molecule has 1 atom stereocenters. The maximum absolute atomic E-state index is 5.96. The van der Waals surface area contributed by atoms with E-state index in [1.54, 1.807) is 10.9 Å². The highest BCUT2D eigenvalue weighted by Gasteiger charge is 2.07. The summed E-state index contributed by atoms with van der Waals surface area (Å²) in [5.74, 6) is 0.856. The highest BCUT2D eigenvalue weighted by atomic mass is 79.9. The Labute approximate surface area is 115 Å². The van der Waals surface area contributed by atoms with Gasteiger partial charge in [0.05, 0.1) is 10.7 Å². The predicted molar refractivity (Wildman–Crippen MR) is 75.8 cm³/mol. The molecule has 2 N–H and O–H groups in total. The quantitative estimate of drug-likeness (QED) is 0.944. The summed E-state index contributed by atoms with van der Waals surface area (Å²) < 4.78 is 2.71. The van der Waals surface area contributed by atoms with Gasteiger partial charge >= 0.3 is 0 Å².